The maximum atomic E-state index is 12.7. The average molecular weight is 597 g/mol. The monoisotopic (exact) mass is 596 g/mol. The second-order valence-corrected chi connectivity index (χ2v) is 10.1. The average Bonchev–Trinajstić information content (AvgIpc) is 2.95. The number of rotatable bonds is 7. The highest BCUT2D eigenvalue weighted by Crippen LogP contribution is 2.47. The molecule has 42 heavy (non-hydrogen) atoms. The van der Waals surface area contributed by atoms with Gasteiger partial charge in [-0.3, -0.25) is 0 Å². The molecule has 0 unspecified atom stereocenters. The lowest BCUT2D eigenvalue weighted by molar-refractivity contribution is -0.307. The molecule has 1 aromatic heterocycles. The highest BCUT2D eigenvalue weighted by Gasteiger charge is 2.46. The van der Waals surface area contributed by atoms with E-state index in [1.807, 2.05) is 0 Å². The van der Waals surface area contributed by atoms with Crippen LogP contribution in [0, 0.1) is 6.92 Å². The summed E-state index contributed by atoms with van der Waals surface area (Å²) in [5.74, 6) is 0.0619. The van der Waals surface area contributed by atoms with Crippen molar-refractivity contribution >= 4 is 21.5 Å². The summed E-state index contributed by atoms with van der Waals surface area (Å²) in [4.78, 5) is 12.7. The summed E-state index contributed by atoms with van der Waals surface area (Å²) in [5.41, 5.74) is -0.834. The number of hydrogen-bond donors (Lipinski definition) is 7. The summed E-state index contributed by atoms with van der Waals surface area (Å²) in [6, 6.07) is 4.41. The van der Waals surface area contributed by atoms with E-state index in [4.69, 9.17) is 32.8 Å². The van der Waals surface area contributed by atoms with E-state index in [0.29, 0.717) is 0 Å². The third kappa shape index (κ3) is 5.23. The fourth-order valence-corrected chi connectivity index (χ4v) is 5.12. The molecule has 2 aliphatic heterocycles. The molecule has 9 atom stereocenters. The van der Waals surface area contributed by atoms with Crippen molar-refractivity contribution in [1.29, 1.82) is 0 Å². The fourth-order valence-electron chi connectivity index (χ4n) is 5.12. The predicted octanol–water partition coefficient (Wildman–Crippen LogP) is -1.38. The Bertz CT molecular complexity index is 1500. The Morgan fingerprint density at radius 3 is 2.24 bits per heavy atom. The molecule has 2 aromatic carbocycles. The van der Waals surface area contributed by atoms with Crippen LogP contribution in [0.25, 0.3) is 21.5 Å². The number of aromatic hydroxyl groups is 1. The molecule has 3 heterocycles. The number of ether oxygens (including phenoxy) is 6. The van der Waals surface area contributed by atoms with Crippen LogP contribution >= 0.6 is 0 Å². The molecule has 2 fully saturated rings. The Hall–Kier alpha value is -3.25. The lowest BCUT2D eigenvalue weighted by Gasteiger charge is -2.41. The number of hydrogen-bond acceptors (Lipinski definition) is 15. The predicted molar refractivity (Wildman–Crippen MR) is 141 cm³/mol. The van der Waals surface area contributed by atoms with Gasteiger partial charge in [-0.25, -0.2) is 4.79 Å². The number of aliphatic hydroxyl groups excluding tert-OH is 6. The van der Waals surface area contributed by atoms with Crippen molar-refractivity contribution in [1.82, 2.24) is 0 Å². The van der Waals surface area contributed by atoms with E-state index >= 15 is 0 Å². The topological polar surface area (TPSA) is 227 Å². The van der Waals surface area contributed by atoms with Crippen molar-refractivity contribution < 1.29 is 68.6 Å². The van der Waals surface area contributed by atoms with Gasteiger partial charge in [0, 0.05) is 16.8 Å². The zero-order valence-electron chi connectivity index (χ0n) is 22.7. The van der Waals surface area contributed by atoms with Crippen LogP contribution in [0.15, 0.2) is 27.4 Å². The van der Waals surface area contributed by atoms with E-state index < -0.39 is 73.3 Å². The van der Waals surface area contributed by atoms with Crippen LogP contribution in [0.2, 0.25) is 0 Å². The van der Waals surface area contributed by atoms with Gasteiger partial charge in [0.1, 0.15) is 76.9 Å². The van der Waals surface area contributed by atoms with Gasteiger partial charge in [0.2, 0.25) is 6.29 Å². The molecule has 5 rings (SSSR count). The number of aryl methyl sites for hydroxylation is 1. The van der Waals surface area contributed by atoms with Gasteiger partial charge in [0.25, 0.3) is 0 Å². The van der Waals surface area contributed by atoms with Crippen LogP contribution in [0.5, 0.6) is 23.0 Å². The molecule has 2 saturated heterocycles. The number of fused-ring (bicyclic) bond motifs is 2. The number of aliphatic hydroxyl groups is 6. The molecular weight excluding hydrogens is 564 g/mol. The van der Waals surface area contributed by atoms with Crippen molar-refractivity contribution in [3.63, 3.8) is 0 Å². The minimum atomic E-state index is -1.80. The molecular formula is C27H32O15. The first-order valence-corrected chi connectivity index (χ1v) is 13.0. The van der Waals surface area contributed by atoms with Gasteiger partial charge in [-0.2, -0.15) is 0 Å². The van der Waals surface area contributed by atoms with Gasteiger partial charge in [0.15, 0.2) is 6.29 Å². The van der Waals surface area contributed by atoms with Gasteiger partial charge < -0.3 is 68.6 Å². The van der Waals surface area contributed by atoms with Gasteiger partial charge in [0.05, 0.1) is 32.8 Å². The Morgan fingerprint density at radius 2 is 1.55 bits per heavy atom. The molecule has 0 saturated carbocycles. The third-order valence-electron chi connectivity index (χ3n) is 7.34. The van der Waals surface area contributed by atoms with Gasteiger partial charge in [-0.15, -0.1) is 0 Å². The van der Waals surface area contributed by atoms with E-state index in [-0.39, 0.29) is 51.2 Å². The fraction of sp³-hybridized carbons (Fsp3) is 0.519. The standard InChI is InChI=1S/C27H32O15/c1-9-4-11-17(25(35)40-9)20(31)16-12(24(11)37-3)5-10(36-2)6-14(16)41-27-23(34)21(32)19(30)15(42-27)8-39-26-22(33)18(29)13(28)7-38-26/h4-6,13,15,18-19,21-23,26-34H,7-8H2,1-3H3/t13-,15+,18-,19+,21-,22+,23+,26-,27+/m0/s1. The second kappa shape index (κ2) is 11.8. The molecule has 0 aliphatic carbocycles. The molecule has 3 aromatic rings. The molecule has 0 bridgehead atoms. The van der Waals surface area contributed by atoms with Crippen LogP contribution < -0.4 is 19.8 Å². The van der Waals surface area contributed by atoms with Gasteiger partial charge in [-0.1, -0.05) is 0 Å². The molecule has 0 radical (unpaired) electrons. The first kappa shape index (κ1) is 30.2. The van der Waals surface area contributed by atoms with Crippen molar-refractivity contribution in [2.45, 2.75) is 62.2 Å². The quantitative estimate of drug-likeness (QED) is 0.156. The first-order chi connectivity index (χ1) is 20.0. The van der Waals surface area contributed by atoms with E-state index in [2.05, 4.69) is 0 Å². The van der Waals surface area contributed by atoms with E-state index in [0.717, 1.165) is 0 Å². The van der Waals surface area contributed by atoms with Gasteiger partial charge >= 0.3 is 5.63 Å². The summed E-state index contributed by atoms with van der Waals surface area (Å²) in [6.45, 7) is 0.737. The Morgan fingerprint density at radius 1 is 0.857 bits per heavy atom. The van der Waals surface area contributed by atoms with E-state index in [9.17, 15) is 40.5 Å². The summed E-state index contributed by atoms with van der Waals surface area (Å²) >= 11 is 0. The van der Waals surface area contributed by atoms with Crippen LogP contribution in [-0.2, 0) is 14.2 Å². The molecule has 7 N–H and O–H groups in total. The third-order valence-corrected chi connectivity index (χ3v) is 7.34. The van der Waals surface area contributed by atoms with Crippen molar-refractivity contribution in [3.05, 3.63) is 34.4 Å². The van der Waals surface area contributed by atoms with Crippen molar-refractivity contribution in [2.24, 2.45) is 0 Å². The summed E-state index contributed by atoms with van der Waals surface area (Å²) in [5, 5.41) is 73.0. The summed E-state index contributed by atoms with van der Waals surface area (Å²) in [7, 11) is 2.76. The smallest absolute Gasteiger partial charge is 0.347 e. The highest BCUT2D eigenvalue weighted by atomic mass is 16.7. The Kier molecular flexibility index (Phi) is 8.48. The van der Waals surface area contributed by atoms with Crippen molar-refractivity contribution in [3.8, 4) is 23.0 Å². The molecule has 0 amide bonds. The normalized spacial score (nSPS) is 31.8. The van der Waals surface area contributed by atoms with Crippen LogP contribution in [-0.4, -0.2) is 118 Å². The lowest BCUT2D eigenvalue weighted by atomic mass is 9.98. The first-order valence-electron chi connectivity index (χ1n) is 13.0. The van der Waals surface area contributed by atoms with Crippen LogP contribution in [0.4, 0.5) is 0 Å². The number of methoxy groups -OCH3 is 2. The Balaban J connectivity index is 1.50. The van der Waals surface area contributed by atoms with E-state index in [1.54, 1.807) is 13.0 Å². The molecule has 0 spiro atoms. The van der Waals surface area contributed by atoms with Crippen molar-refractivity contribution in [2.75, 3.05) is 27.4 Å². The molecule has 15 heteroatoms. The second-order valence-electron chi connectivity index (χ2n) is 10.1. The van der Waals surface area contributed by atoms with Crippen LogP contribution in [0.1, 0.15) is 5.76 Å². The highest BCUT2D eigenvalue weighted by molar-refractivity contribution is 6.13. The molecule has 2 aliphatic rings. The Labute approximate surface area is 237 Å². The minimum absolute atomic E-state index is 0.0215. The SMILES string of the molecule is COc1cc(O[C@@H]2O[C@H](CO[C@@H]3OC[C@H](O)[C@H](O)[C@H]3O)[C@@H](O)[C@H](O)[C@H]2O)c2c(O)c3c(=O)oc(C)cc3c(OC)c2c1. The molecule has 15 nitrogen and oxygen atoms in total. The summed E-state index contributed by atoms with van der Waals surface area (Å²) in [6.07, 6.45) is -14.2. The number of benzene rings is 2. The molecule has 230 valence electrons. The maximum absolute atomic E-state index is 12.7. The minimum Gasteiger partial charge on any atom is -0.506 e. The number of phenols is 1. The van der Waals surface area contributed by atoms with Crippen LogP contribution in [0.3, 0.4) is 0 Å². The summed E-state index contributed by atoms with van der Waals surface area (Å²) < 4.78 is 38.4. The lowest BCUT2D eigenvalue weighted by Crippen LogP contribution is -2.61. The zero-order valence-corrected chi connectivity index (χ0v) is 22.7. The maximum Gasteiger partial charge on any atom is 0.347 e. The largest absolute Gasteiger partial charge is 0.506 e. The zero-order chi connectivity index (χ0) is 30.5. The van der Waals surface area contributed by atoms with Gasteiger partial charge in [-0.05, 0) is 19.1 Å². The number of phenolic OH excluding ortho intramolecular Hbond substituents is 1. The van der Waals surface area contributed by atoms with E-state index in [1.165, 1.54) is 26.4 Å².